The fourth-order valence-corrected chi connectivity index (χ4v) is 2.88. The number of carbonyl (C=O) groups is 2. The van der Waals surface area contributed by atoms with Gasteiger partial charge in [-0.3, -0.25) is 14.4 Å². The summed E-state index contributed by atoms with van der Waals surface area (Å²) in [6.45, 7) is 3.12. The van der Waals surface area contributed by atoms with Crippen molar-refractivity contribution >= 4 is 27.7 Å². The number of carbonyl (C=O) groups excluding carboxylic acids is 2. The van der Waals surface area contributed by atoms with E-state index >= 15 is 0 Å². The van der Waals surface area contributed by atoms with Crippen LogP contribution >= 0.6 is 15.9 Å². The summed E-state index contributed by atoms with van der Waals surface area (Å²) >= 11 is 3.34. The number of nitrogens with zero attached hydrogens (tertiary/aromatic N) is 1. The van der Waals surface area contributed by atoms with Gasteiger partial charge in [0.05, 0.1) is 0 Å². The molecule has 1 aromatic heterocycles. The second-order valence-electron chi connectivity index (χ2n) is 5.76. The average molecular weight is 394 g/mol. The minimum Gasteiger partial charge on any atom is -0.383 e. The van der Waals surface area contributed by atoms with E-state index in [-0.39, 0.29) is 23.1 Å². The number of likely N-dealkylation sites (tertiary alicyclic amines) is 1. The molecule has 1 fully saturated rings. The van der Waals surface area contributed by atoms with Crippen molar-refractivity contribution in [1.82, 2.24) is 15.4 Å². The van der Waals surface area contributed by atoms with Crippen molar-refractivity contribution in [3.05, 3.63) is 56.0 Å². The molecule has 8 heteroatoms. The third-order valence-corrected chi connectivity index (χ3v) is 4.52. The number of halogens is 1. The highest BCUT2D eigenvalue weighted by Gasteiger charge is 2.31. The number of aromatic amines is 1. The van der Waals surface area contributed by atoms with E-state index in [1.54, 1.807) is 24.0 Å². The van der Waals surface area contributed by atoms with Crippen LogP contribution in [0.4, 0.5) is 0 Å². The van der Waals surface area contributed by atoms with E-state index in [4.69, 9.17) is 4.52 Å². The van der Waals surface area contributed by atoms with Crippen molar-refractivity contribution < 1.29 is 14.1 Å². The van der Waals surface area contributed by atoms with Crippen LogP contribution in [0.1, 0.15) is 26.5 Å². The molecular formula is C16H16BrN3O4. The van der Waals surface area contributed by atoms with Gasteiger partial charge in [0, 0.05) is 35.6 Å². The first-order valence-corrected chi connectivity index (χ1v) is 8.26. The van der Waals surface area contributed by atoms with Gasteiger partial charge < -0.3 is 14.7 Å². The Labute approximate surface area is 146 Å². The summed E-state index contributed by atoms with van der Waals surface area (Å²) in [7, 11) is 0. The molecule has 1 aliphatic heterocycles. The highest BCUT2D eigenvalue weighted by atomic mass is 79.9. The first-order valence-electron chi connectivity index (χ1n) is 7.47. The van der Waals surface area contributed by atoms with E-state index in [2.05, 4.69) is 26.4 Å². The van der Waals surface area contributed by atoms with Gasteiger partial charge in [-0.05, 0) is 31.2 Å². The zero-order valence-electron chi connectivity index (χ0n) is 13.0. The van der Waals surface area contributed by atoms with Gasteiger partial charge in [-0.15, -0.1) is 0 Å². The molecule has 2 heterocycles. The number of hydrogen-bond acceptors (Lipinski definition) is 4. The fourth-order valence-electron chi connectivity index (χ4n) is 2.61. The second-order valence-corrected chi connectivity index (χ2v) is 6.67. The largest absolute Gasteiger partial charge is 0.383 e. The Kier molecular flexibility index (Phi) is 4.57. The first-order chi connectivity index (χ1) is 11.5. The van der Waals surface area contributed by atoms with Crippen LogP contribution in [-0.2, 0) is 0 Å². The lowest BCUT2D eigenvalue weighted by Crippen LogP contribution is -2.53. The van der Waals surface area contributed by atoms with Gasteiger partial charge in [0.25, 0.3) is 17.4 Å². The maximum absolute atomic E-state index is 12.3. The van der Waals surface area contributed by atoms with E-state index in [0.717, 1.165) is 4.47 Å². The molecule has 0 aliphatic carbocycles. The van der Waals surface area contributed by atoms with E-state index < -0.39 is 11.5 Å². The first kappa shape index (κ1) is 16.5. The lowest BCUT2D eigenvalue weighted by molar-refractivity contribution is 0.0498. The molecular weight excluding hydrogens is 378 g/mol. The summed E-state index contributed by atoms with van der Waals surface area (Å²) in [6, 6.07) is 7.20. The Morgan fingerprint density at radius 1 is 1.33 bits per heavy atom. The van der Waals surface area contributed by atoms with Crippen molar-refractivity contribution in [2.24, 2.45) is 5.92 Å². The third kappa shape index (κ3) is 3.28. The van der Waals surface area contributed by atoms with Crippen LogP contribution in [0.25, 0.3) is 0 Å². The summed E-state index contributed by atoms with van der Waals surface area (Å²) in [5.74, 6) is -0.0369. The molecule has 2 N–H and O–H groups in total. The van der Waals surface area contributed by atoms with Gasteiger partial charge in [0.2, 0.25) is 0 Å². The summed E-state index contributed by atoms with van der Waals surface area (Å²) in [5.41, 5.74) is 0.101. The minimum absolute atomic E-state index is 0.00267. The van der Waals surface area contributed by atoms with Gasteiger partial charge in [0.15, 0.2) is 0 Å². The van der Waals surface area contributed by atoms with Crippen molar-refractivity contribution in [3.63, 3.8) is 0 Å². The number of nitrogens with one attached hydrogen (secondary N) is 2. The molecule has 0 bridgehead atoms. The number of aromatic nitrogens is 1. The monoisotopic (exact) mass is 393 g/mol. The van der Waals surface area contributed by atoms with Gasteiger partial charge in [-0.1, -0.05) is 15.9 Å². The average Bonchev–Trinajstić information content (AvgIpc) is 2.85. The van der Waals surface area contributed by atoms with E-state index in [0.29, 0.717) is 25.2 Å². The lowest BCUT2D eigenvalue weighted by atomic mass is 9.98. The molecule has 1 aliphatic rings. The fraction of sp³-hybridized carbons (Fsp3) is 0.312. The number of rotatable bonds is 4. The molecule has 3 rings (SSSR count). The molecule has 2 amide bonds. The molecule has 0 atom stereocenters. The van der Waals surface area contributed by atoms with Crippen LogP contribution in [-0.4, -0.2) is 41.5 Å². The molecule has 7 nitrogen and oxygen atoms in total. The molecule has 1 aromatic carbocycles. The number of amides is 2. The second kappa shape index (κ2) is 6.64. The summed E-state index contributed by atoms with van der Waals surface area (Å²) in [4.78, 5) is 37.4. The number of benzene rings is 1. The predicted octanol–water partition coefficient (Wildman–Crippen LogP) is 1.54. The van der Waals surface area contributed by atoms with Gasteiger partial charge in [0.1, 0.15) is 11.3 Å². The van der Waals surface area contributed by atoms with Crippen molar-refractivity contribution in [1.29, 1.82) is 0 Å². The topological polar surface area (TPSA) is 95.4 Å². The van der Waals surface area contributed by atoms with E-state index in [1.807, 2.05) is 12.1 Å². The lowest BCUT2D eigenvalue weighted by Gasteiger charge is -2.39. The standard InChI is InChI=1S/C16H16BrN3O4/c1-9-13(15(22)19-24-9)14(21)18-6-10-7-20(8-10)16(23)11-2-4-12(17)5-3-11/h2-5,10H,6-8H2,1H3,(H,18,21)(H,19,22). The summed E-state index contributed by atoms with van der Waals surface area (Å²) in [6.07, 6.45) is 0. The van der Waals surface area contributed by atoms with Crippen LogP contribution in [0.5, 0.6) is 0 Å². The Morgan fingerprint density at radius 3 is 2.58 bits per heavy atom. The zero-order valence-corrected chi connectivity index (χ0v) is 14.6. The molecule has 126 valence electrons. The molecule has 0 spiro atoms. The van der Waals surface area contributed by atoms with Crippen molar-refractivity contribution in [2.75, 3.05) is 19.6 Å². The van der Waals surface area contributed by atoms with Crippen molar-refractivity contribution in [2.45, 2.75) is 6.92 Å². The van der Waals surface area contributed by atoms with Crippen LogP contribution in [0.2, 0.25) is 0 Å². The number of aryl methyl sites for hydroxylation is 1. The van der Waals surface area contributed by atoms with Crippen molar-refractivity contribution in [3.8, 4) is 0 Å². The third-order valence-electron chi connectivity index (χ3n) is 3.99. The Hall–Kier alpha value is -2.35. The molecule has 24 heavy (non-hydrogen) atoms. The molecule has 0 radical (unpaired) electrons. The maximum atomic E-state index is 12.3. The summed E-state index contributed by atoms with van der Waals surface area (Å²) in [5, 5.41) is 4.84. The van der Waals surface area contributed by atoms with Crippen LogP contribution in [0.15, 0.2) is 38.1 Å². The van der Waals surface area contributed by atoms with Gasteiger partial charge in [-0.2, -0.15) is 5.16 Å². The normalized spacial score (nSPS) is 14.3. The highest BCUT2D eigenvalue weighted by Crippen LogP contribution is 2.19. The van der Waals surface area contributed by atoms with Crippen LogP contribution in [0.3, 0.4) is 0 Å². The van der Waals surface area contributed by atoms with Gasteiger partial charge >= 0.3 is 0 Å². The van der Waals surface area contributed by atoms with Crippen LogP contribution in [0, 0.1) is 12.8 Å². The molecule has 0 saturated carbocycles. The molecule has 0 unspecified atom stereocenters. The SMILES string of the molecule is Cc1o[nH]c(=O)c1C(=O)NCC1CN(C(=O)c2ccc(Br)cc2)C1. The van der Waals surface area contributed by atoms with Gasteiger partial charge in [-0.25, -0.2) is 0 Å². The summed E-state index contributed by atoms with van der Waals surface area (Å²) < 4.78 is 5.74. The smallest absolute Gasteiger partial charge is 0.293 e. The van der Waals surface area contributed by atoms with E-state index in [9.17, 15) is 14.4 Å². The molecule has 2 aromatic rings. The Bertz CT molecular complexity index is 819. The Balaban J connectivity index is 1.49. The minimum atomic E-state index is -0.536. The predicted molar refractivity (Wildman–Crippen MR) is 89.9 cm³/mol. The molecule has 1 saturated heterocycles. The maximum Gasteiger partial charge on any atom is 0.293 e. The number of H-pyrrole nitrogens is 1. The Morgan fingerprint density at radius 2 is 2.00 bits per heavy atom. The zero-order chi connectivity index (χ0) is 17.3. The van der Waals surface area contributed by atoms with E-state index in [1.165, 1.54) is 0 Å². The number of hydrogen-bond donors (Lipinski definition) is 2. The highest BCUT2D eigenvalue weighted by molar-refractivity contribution is 9.10. The van der Waals surface area contributed by atoms with Crippen LogP contribution < -0.4 is 10.9 Å². The quantitative estimate of drug-likeness (QED) is 0.823.